The molecule has 0 aromatic heterocycles. The highest BCUT2D eigenvalue weighted by molar-refractivity contribution is 6.08. The van der Waals surface area contributed by atoms with Gasteiger partial charge in [0.25, 0.3) is 0 Å². The van der Waals surface area contributed by atoms with Crippen LogP contribution in [0.3, 0.4) is 0 Å². The molecule has 0 unspecified atom stereocenters. The monoisotopic (exact) mass is 275 g/mol. The maximum absolute atomic E-state index is 12.0. The summed E-state index contributed by atoms with van der Waals surface area (Å²) in [6, 6.07) is 6.63. The number of imide groups is 1. The number of carbonyl (C=O) groups excluding carboxylic acids is 3. The molecule has 3 amide bonds. The van der Waals surface area contributed by atoms with E-state index in [1.807, 2.05) is 0 Å². The summed E-state index contributed by atoms with van der Waals surface area (Å²) in [7, 11) is 0. The Bertz CT molecular complexity index is 564. The number of nitrogens with one attached hydrogen (secondary N) is 1. The molecule has 1 aliphatic rings. The van der Waals surface area contributed by atoms with Gasteiger partial charge in [0.1, 0.15) is 6.54 Å². The molecule has 6 nitrogen and oxygen atoms in total. The zero-order valence-electron chi connectivity index (χ0n) is 11.5. The second-order valence-corrected chi connectivity index (χ2v) is 5.52. The molecule has 1 aliphatic heterocycles. The Morgan fingerprint density at radius 2 is 1.90 bits per heavy atom. The predicted molar refractivity (Wildman–Crippen MR) is 74.6 cm³/mol. The lowest BCUT2D eigenvalue weighted by atomic mass is 9.92. The minimum absolute atomic E-state index is 0.140. The molecule has 20 heavy (non-hydrogen) atoms. The highest BCUT2D eigenvalue weighted by Crippen LogP contribution is 2.31. The lowest BCUT2D eigenvalue weighted by Crippen LogP contribution is -2.39. The maximum Gasteiger partial charge on any atom is 0.244 e. The molecule has 2 rings (SSSR count). The van der Waals surface area contributed by atoms with E-state index in [1.54, 1.807) is 38.1 Å². The Morgan fingerprint density at radius 3 is 2.40 bits per heavy atom. The number of nitrogen functional groups attached to an aromatic ring is 1. The van der Waals surface area contributed by atoms with Crippen LogP contribution in [0.2, 0.25) is 0 Å². The van der Waals surface area contributed by atoms with Crippen LogP contribution in [0.25, 0.3) is 0 Å². The summed E-state index contributed by atoms with van der Waals surface area (Å²) in [5, 5.41) is 2.62. The first kappa shape index (κ1) is 14.0. The van der Waals surface area contributed by atoms with Crippen molar-refractivity contribution < 1.29 is 14.4 Å². The van der Waals surface area contributed by atoms with Crippen molar-refractivity contribution in [2.24, 2.45) is 5.41 Å². The molecule has 1 fully saturated rings. The number of amides is 3. The number of anilines is 2. The molecule has 1 aromatic carbocycles. The predicted octanol–water partition coefficient (Wildman–Crippen LogP) is 0.992. The van der Waals surface area contributed by atoms with Crippen molar-refractivity contribution in [3.63, 3.8) is 0 Å². The number of nitrogens with zero attached hydrogens (tertiary/aromatic N) is 1. The van der Waals surface area contributed by atoms with Crippen LogP contribution in [0, 0.1) is 5.41 Å². The lowest BCUT2D eigenvalue weighted by molar-refractivity contribution is -0.143. The van der Waals surface area contributed by atoms with Gasteiger partial charge in [-0.15, -0.1) is 0 Å². The molecule has 0 aliphatic carbocycles. The van der Waals surface area contributed by atoms with E-state index in [9.17, 15) is 14.4 Å². The number of hydrogen-bond donors (Lipinski definition) is 2. The highest BCUT2D eigenvalue weighted by atomic mass is 16.2. The van der Waals surface area contributed by atoms with Gasteiger partial charge in [0.15, 0.2) is 0 Å². The highest BCUT2D eigenvalue weighted by Gasteiger charge is 2.45. The number of rotatable bonds is 3. The Kier molecular flexibility index (Phi) is 3.48. The van der Waals surface area contributed by atoms with Gasteiger partial charge in [-0.1, -0.05) is 13.8 Å². The fourth-order valence-corrected chi connectivity index (χ4v) is 2.10. The summed E-state index contributed by atoms with van der Waals surface area (Å²) in [6.07, 6.45) is 0.140. The molecule has 1 heterocycles. The first-order chi connectivity index (χ1) is 9.29. The minimum atomic E-state index is -0.724. The first-order valence-electron chi connectivity index (χ1n) is 6.30. The van der Waals surface area contributed by atoms with Crippen molar-refractivity contribution in [1.29, 1.82) is 0 Å². The number of hydrogen-bond acceptors (Lipinski definition) is 4. The van der Waals surface area contributed by atoms with E-state index < -0.39 is 11.3 Å². The van der Waals surface area contributed by atoms with E-state index in [4.69, 9.17) is 5.73 Å². The molecular formula is C14H17N3O3. The van der Waals surface area contributed by atoms with Gasteiger partial charge in [0.05, 0.1) is 5.41 Å². The zero-order chi connectivity index (χ0) is 14.9. The smallest absolute Gasteiger partial charge is 0.244 e. The summed E-state index contributed by atoms with van der Waals surface area (Å²) < 4.78 is 0. The largest absolute Gasteiger partial charge is 0.399 e. The third-order valence-corrected chi connectivity index (χ3v) is 3.21. The second kappa shape index (κ2) is 4.96. The Hall–Kier alpha value is -2.37. The van der Waals surface area contributed by atoms with Crippen molar-refractivity contribution in [3.8, 4) is 0 Å². The van der Waals surface area contributed by atoms with Crippen LogP contribution in [0.5, 0.6) is 0 Å². The Balaban J connectivity index is 2.00. The standard InChI is InChI=1S/C14H17N3O3/c1-14(2)7-12(19)17(13(14)20)8-11(18)16-10-5-3-9(15)4-6-10/h3-6H,7-8,15H2,1-2H3,(H,16,18). The van der Waals surface area contributed by atoms with Crippen molar-refractivity contribution in [2.75, 3.05) is 17.6 Å². The summed E-state index contributed by atoms with van der Waals surface area (Å²) >= 11 is 0. The van der Waals surface area contributed by atoms with Crippen LogP contribution in [-0.4, -0.2) is 29.2 Å². The second-order valence-electron chi connectivity index (χ2n) is 5.52. The molecule has 0 saturated carbocycles. The average Bonchev–Trinajstić information content (AvgIpc) is 2.55. The molecule has 0 atom stereocenters. The van der Waals surface area contributed by atoms with E-state index in [0.717, 1.165) is 4.90 Å². The van der Waals surface area contributed by atoms with Crippen molar-refractivity contribution in [2.45, 2.75) is 20.3 Å². The van der Waals surface area contributed by atoms with E-state index in [1.165, 1.54) is 0 Å². The Labute approximate surface area is 116 Å². The number of likely N-dealkylation sites (tertiary alicyclic amines) is 1. The third-order valence-electron chi connectivity index (χ3n) is 3.21. The molecule has 6 heteroatoms. The van der Waals surface area contributed by atoms with E-state index >= 15 is 0 Å². The fraction of sp³-hybridized carbons (Fsp3) is 0.357. The Morgan fingerprint density at radius 1 is 1.30 bits per heavy atom. The lowest BCUT2D eigenvalue weighted by Gasteiger charge is -2.17. The van der Waals surface area contributed by atoms with Crippen LogP contribution in [0.15, 0.2) is 24.3 Å². The molecule has 1 saturated heterocycles. The molecule has 106 valence electrons. The van der Waals surface area contributed by atoms with E-state index in [2.05, 4.69) is 5.32 Å². The molecule has 0 bridgehead atoms. The van der Waals surface area contributed by atoms with Gasteiger partial charge in [-0.25, -0.2) is 0 Å². The van der Waals surface area contributed by atoms with Crippen molar-refractivity contribution in [3.05, 3.63) is 24.3 Å². The van der Waals surface area contributed by atoms with Crippen molar-refractivity contribution in [1.82, 2.24) is 4.90 Å². The van der Waals surface area contributed by atoms with Crippen LogP contribution in [0.1, 0.15) is 20.3 Å². The first-order valence-corrected chi connectivity index (χ1v) is 6.30. The zero-order valence-corrected chi connectivity index (χ0v) is 11.5. The molecule has 1 aromatic rings. The topological polar surface area (TPSA) is 92.5 Å². The van der Waals surface area contributed by atoms with E-state index in [0.29, 0.717) is 11.4 Å². The van der Waals surface area contributed by atoms with E-state index in [-0.39, 0.29) is 24.8 Å². The van der Waals surface area contributed by atoms with Crippen LogP contribution in [0.4, 0.5) is 11.4 Å². The molecular weight excluding hydrogens is 258 g/mol. The molecule has 3 N–H and O–H groups in total. The number of carbonyl (C=O) groups is 3. The average molecular weight is 275 g/mol. The number of benzene rings is 1. The molecule has 0 radical (unpaired) electrons. The van der Waals surface area contributed by atoms with Gasteiger partial charge in [0, 0.05) is 17.8 Å². The fourth-order valence-electron chi connectivity index (χ4n) is 2.10. The quantitative estimate of drug-likeness (QED) is 0.635. The van der Waals surface area contributed by atoms with Gasteiger partial charge in [-0.2, -0.15) is 0 Å². The van der Waals surface area contributed by atoms with Gasteiger partial charge in [0.2, 0.25) is 17.7 Å². The van der Waals surface area contributed by atoms with Gasteiger partial charge in [-0.05, 0) is 24.3 Å². The van der Waals surface area contributed by atoms with Crippen LogP contribution in [-0.2, 0) is 14.4 Å². The van der Waals surface area contributed by atoms with Crippen molar-refractivity contribution >= 4 is 29.1 Å². The van der Waals surface area contributed by atoms with Crippen LogP contribution < -0.4 is 11.1 Å². The SMILES string of the molecule is CC1(C)CC(=O)N(CC(=O)Nc2ccc(N)cc2)C1=O. The van der Waals surface area contributed by atoms with Gasteiger partial charge < -0.3 is 11.1 Å². The summed E-state index contributed by atoms with van der Waals surface area (Å²) in [6.45, 7) is 3.14. The normalized spacial score (nSPS) is 17.4. The molecule has 0 spiro atoms. The van der Waals surface area contributed by atoms with Gasteiger partial charge in [-0.3, -0.25) is 19.3 Å². The summed E-state index contributed by atoms with van der Waals surface area (Å²) in [5.74, 6) is -1.03. The third kappa shape index (κ3) is 2.79. The number of nitrogens with two attached hydrogens (primary N) is 1. The summed E-state index contributed by atoms with van der Waals surface area (Å²) in [4.78, 5) is 36.6. The van der Waals surface area contributed by atoms with Crippen LogP contribution >= 0.6 is 0 Å². The maximum atomic E-state index is 12.0. The minimum Gasteiger partial charge on any atom is -0.399 e. The van der Waals surface area contributed by atoms with Gasteiger partial charge >= 0.3 is 0 Å². The summed E-state index contributed by atoms with van der Waals surface area (Å²) in [5.41, 5.74) is 5.99.